The maximum Gasteiger partial charge on any atom is 0.132 e. The van der Waals surface area contributed by atoms with Crippen LogP contribution in [0.15, 0.2) is 30.3 Å². The van der Waals surface area contributed by atoms with E-state index in [1.807, 2.05) is 6.07 Å². The van der Waals surface area contributed by atoms with E-state index in [1.54, 1.807) is 7.11 Å². The van der Waals surface area contributed by atoms with Crippen LogP contribution in [-0.2, 0) is 11.2 Å². The molecule has 0 aliphatic rings. The molecule has 0 saturated heterocycles. The Morgan fingerprint density at radius 3 is 2.41 bits per heavy atom. The normalized spacial score (nSPS) is 13.6. The molecule has 0 radical (unpaired) electrons. The molecule has 1 rings (SSSR count). The van der Waals surface area contributed by atoms with Crippen molar-refractivity contribution in [3.8, 4) is 11.8 Å². The molecule has 0 saturated carbocycles. The van der Waals surface area contributed by atoms with Crippen molar-refractivity contribution in [2.24, 2.45) is 0 Å². The van der Waals surface area contributed by atoms with Crippen molar-refractivity contribution in [3.05, 3.63) is 35.9 Å². The van der Waals surface area contributed by atoms with Gasteiger partial charge in [-0.05, 0) is 12.0 Å². The summed E-state index contributed by atoms with van der Waals surface area (Å²) in [5.41, 5.74) is 0.972. The molecule has 0 aliphatic heterocycles. The molecule has 1 atom stereocenters. The van der Waals surface area contributed by atoms with Crippen molar-refractivity contribution < 1.29 is 4.74 Å². The third-order valence-corrected chi connectivity index (χ3v) is 2.87. The summed E-state index contributed by atoms with van der Waals surface area (Å²) in [5.74, 6) is 6.48. The quantitative estimate of drug-likeness (QED) is 0.699. The predicted molar refractivity (Wildman–Crippen MR) is 72.9 cm³/mol. The van der Waals surface area contributed by atoms with Crippen molar-refractivity contribution in [3.63, 3.8) is 0 Å². The summed E-state index contributed by atoms with van der Waals surface area (Å²) in [6.07, 6.45) is 3.80. The number of ether oxygens (including phenoxy) is 1. The van der Waals surface area contributed by atoms with Crippen LogP contribution in [0, 0.1) is 11.8 Å². The van der Waals surface area contributed by atoms with Gasteiger partial charge in [-0.3, -0.25) is 0 Å². The largest absolute Gasteiger partial charge is 0.365 e. The average Bonchev–Trinajstić information content (AvgIpc) is 2.37. The van der Waals surface area contributed by atoms with E-state index in [0.717, 1.165) is 25.7 Å². The van der Waals surface area contributed by atoms with Crippen LogP contribution in [0.3, 0.4) is 0 Å². The number of rotatable bonds is 5. The minimum Gasteiger partial charge on any atom is -0.365 e. The number of hydrogen-bond acceptors (Lipinski definition) is 1. The first-order chi connectivity index (χ1) is 8.26. The van der Waals surface area contributed by atoms with Gasteiger partial charge in [-0.2, -0.15) is 0 Å². The summed E-state index contributed by atoms with van der Waals surface area (Å²) in [6.45, 7) is 4.24. The highest BCUT2D eigenvalue weighted by Gasteiger charge is 2.26. The zero-order valence-electron chi connectivity index (χ0n) is 11.1. The Balaban J connectivity index is 2.89. The molecule has 17 heavy (non-hydrogen) atoms. The lowest BCUT2D eigenvalue weighted by Crippen LogP contribution is -2.32. The van der Waals surface area contributed by atoms with Gasteiger partial charge in [0.05, 0.1) is 0 Å². The zero-order valence-corrected chi connectivity index (χ0v) is 11.1. The van der Waals surface area contributed by atoms with Gasteiger partial charge >= 0.3 is 0 Å². The molecule has 1 nitrogen and oxygen atoms in total. The molecule has 1 aromatic carbocycles. The Bertz CT molecular complexity index is 372. The first kappa shape index (κ1) is 13.8. The van der Waals surface area contributed by atoms with E-state index < -0.39 is 0 Å². The Hall–Kier alpha value is -1.26. The Morgan fingerprint density at radius 1 is 1.18 bits per heavy atom. The standard InChI is InChI=1S/C16H22O/c1-4-6-13-16(17-3,12-5-2)14-15-10-8-7-9-11-15/h7-11H,4-5,12,14H2,1-3H3. The fourth-order valence-electron chi connectivity index (χ4n) is 2.00. The smallest absolute Gasteiger partial charge is 0.132 e. The molecular weight excluding hydrogens is 208 g/mol. The van der Waals surface area contributed by atoms with Crippen LogP contribution in [-0.4, -0.2) is 12.7 Å². The molecule has 1 aromatic rings. The van der Waals surface area contributed by atoms with Crippen molar-refractivity contribution in [1.29, 1.82) is 0 Å². The fraction of sp³-hybridized carbons (Fsp3) is 0.500. The minimum absolute atomic E-state index is 0.313. The van der Waals surface area contributed by atoms with E-state index in [4.69, 9.17) is 4.74 Å². The van der Waals surface area contributed by atoms with E-state index in [2.05, 4.69) is 50.0 Å². The third-order valence-electron chi connectivity index (χ3n) is 2.87. The molecule has 1 heteroatoms. The van der Waals surface area contributed by atoms with Crippen LogP contribution >= 0.6 is 0 Å². The highest BCUT2D eigenvalue weighted by Crippen LogP contribution is 2.22. The van der Waals surface area contributed by atoms with Gasteiger partial charge in [0.15, 0.2) is 0 Å². The van der Waals surface area contributed by atoms with Crippen LogP contribution in [0.1, 0.15) is 38.7 Å². The van der Waals surface area contributed by atoms with E-state index in [9.17, 15) is 0 Å². The number of methoxy groups -OCH3 is 1. The van der Waals surface area contributed by atoms with E-state index in [-0.39, 0.29) is 5.60 Å². The van der Waals surface area contributed by atoms with Gasteiger partial charge in [-0.25, -0.2) is 0 Å². The molecule has 0 N–H and O–H groups in total. The molecule has 0 bridgehead atoms. The monoisotopic (exact) mass is 230 g/mol. The fourth-order valence-corrected chi connectivity index (χ4v) is 2.00. The summed E-state index contributed by atoms with van der Waals surface area (Å²) in [6, 6.07) is 10.4. The van der Waals surface area contributed by atoms with E-state index in [0.29, 0.717) is 0 Å². The Morgan fingerprint density at radius 2 is 1.88 bits per heavy atom. The van der Waals surface area contributed by atoms with Crippen LogP contribution in [0.4, 0.5) is 0 Å². The van der Waals surface area contributed by atoms with E-state index >= 15 is 0 Å². The maximum absolute atomic E-state index is 5.71. The predicted octanol–water partition coefficient (Wildman–Crippen LogP) is 3.83. The van der Waals surface area contributed by atoms with Crippen molar-refractivity contribution in [2.75, 3.05) is 7.11 Å². The Labute approximate surface area is 105 Å². The molecule has 1 unspecified atom stereocenters. The molecule has 0 spiro atoms. The highest BCUT2D eigenvalue weighted by molar-refractivity contribution is 5.24. The number of benzene rings is 1. The second-order valence-corrected chi connectivity index (χ2v) is 4.27. The van der Waals surface area contributed by atoms with Crippen LogP contribution in [0.5, 0.6) is 0 Å². The van der Waals surface area contributed by atoms with Crippen molar-refractivity contribution in [2.45, 2.75) is 45.1 Å². The first-order valence-corrected chi connectivity index (χ1v) is 6.35. The van der Waals surface area contributed by atoms with Crippen LogP contribution in [0.25, 0.3) is 0 Å². The summed E-state index contributed by atoms with van der Waals surface area (Å²) < 4.78 is 5.71. The van der Waals surface area contributed by atoms with E-state index in [1.165, 1.54) is 5.56 Å². The van der Waals surface area contributed by atoms with Gasteiger partial charge in [-0.1, -0.05) is 56.5 Å². The van der Waals surface area contributed by atoms with Crippen molar-refractivity contribution in [1.82, 2.24) is 0 Å². The van der Waals surface area contributed by atoms with Gasteiger partial charge in [-0.15, -0.1) is 5.92 Å². The molecule has 0 amide bonds. The van der Waals surface area contributed by atoms with Gasteiger partial charge in [0.25, 0.3) is 0 Å². The summed E-state index contributed by atoms with van der Waals surface area (Å²) in [7, 11) is 1.77. The highest BCUT2D eigenvalue weighted by atomic mass is 16.5. The van der Waals surface area contributed by atoms with Crippen molar-refractivity contribution >= 4 is 0 Å². The average molecular weight is 230 g/mol. The maximum atomic E-state index is 5.71. The topological polar surface area (TPSA) is 9.23 Å². The lowest BCUT2D eigenvalue weighted by atomic mass is 9.90. The third kappa shape index (κ3) is 4.24. The molecule has 0 heterocycles. The van der Waals surface area contributed by atoms with Crippen LogP contribution < -0.4 is 0 Å². The minimum atomic E-state index is -0.313. The van der Waals surface area contributed by atoms with Gasteiger partial charge in [0.1, 0.15) is 5.60 Å². The lowest BCUT2D eigenvalue weighted by Gasteiger charge is -2.27. The first-order valence-electron chi connectivity index (χ1n) is 6.35. The Kier molecular flexibility index (Phi) is 5.80. The molecule has 0 fully saturated rings. The summed E-state index contributed by atoms with van der Waals surface area (Å²) in [4.78, 5) is 0. The molecule has 0 aromatic heterocycles. The zero-order chi connectivity index (χ0) is 12.6. The van der Waals surface area contributed by atoms with Gasteiger partial charge in [0, 0.05) is 20.0 Å². The van der Waals surface area contributed by atoms with Gasteiger partial charge < -0.3 is 4.74 Å². The molecule has 0 aliphatic carbocycles. The molecular formula is C16H22O. The summed E-state index contributed by atoms with van der Waals surface area (Å²) >= 11 is 0. The summed E-state index contributed by atoms with van der Waals surface area (Å²) in [5, 5.41) is 0. The number of hydrogen-bond donors (Lipinski definition) is 0. The SMILES string of the molecule is CCC#CC(CCC)(Cc1ccccc1)OC. The second kappa shape index (κ2) is 7.14. The molecule has 92 valence electrons. The van der Waals surface area contributed by atoms with Gasteiger partial charge in [0.2, 0.25) is 0 Å². The van der Waals surface area contributed by atoms with Crippen LogP contribution in [0.2, 0.25) is 0 Å². The lowest BCUT2D eigenvalue weighted by molar-refractivity contribution is 0.0332. The second-order valence-electron chi connectivity index (χ2n) is 4.27.